The van der Waals surface area contributed by atoms with E-state index in [-0.39, 0.29) is 11.4 Å². The molecule has 1 rings (SSSR count). The summed E-state index contributed by atoms with van der Waals surface area (Å²) in [6.45, 7) is 6.23. The van der Waals surface area contributed by atoms with Gasteiger partial charge in [-0.3, -0.25) is 0 Å². The molecule has 1 aromatic rings. The summed E-state index contributed by atoms with van der Waals surface area (Å²) in [5.74, 6) is 0.466. The van der Waals surface area contributed by atoms with Gasteiger partial charge in [-0.1, -0.05) is 20.8 Å². The number of rotatable bonds is 2. The van der Waals surface area contributed by atoms with Crippen LogP contribution in [-0.4, -0.2) is 20.2 Å². The maximum Gasteiger partial charge on any atom is 0.337 e. The molecule has 0 aliphatic carbocycles. The zero-order valence-electron chi connectivity index (χ0n) is 10.5. The lowest BCUT2D eigenvalue weighted by molar-refractivity contribution is 0.0600. The number of benzene rings is 1. The van der Waals surface area contributed by atoms with Gasteiger partial charge in [-0.15, -0.1) is 0 Å². The minimum Gasteiger partial charge on any atom is -0.496 e. The van der Waals surface area contributed by atoms with Crippen LogP contribution >= 0.6 is 0 Å². The highest BCUT2D eigenvalue weighted by molar-refractivity contribution is 5.89. The van der Waals surface area contributed by atoms with Crippen molar-refractivity contribution in [3.63, 3.8) is 0 Å². The van der Waals surface area contributed by atoms with Gasteiger partial charge in [-0.25, -0.2) is 4.79 Å². The first-order valence-electron chi connectivity index (χ1n) is 5.17. The number of hydrogen-bond acceptors (Lipinski definition) is 3. The fourth-order valence-corrected chi connectivity index (χ4v) is 1.54. The third kappa shape index (κ3) is 2.54. The molecule has 0 aliphatic heterocycles. The predicted molar refractivity (Wildman–Crippen MR) is 63.0 cm³/mol. The van der Waals surface area contributed by atoms with Crippen LogP contribution in [0.5, 0.6) is 5.75 Å². The minimum absolute atomic E-state index is 0.0740. The largest absolute Gasteiger partial charge is 0.496 e. The molecule has 0 N–H and O–H groups in total. The molecular formula is C13H18O3. The zero-order chi connectivity index (χ0) is 12.3. The van der Waals surface area contributed by atoms with E-state index in [1.807, 2.05) is 6.07 Å². The van der Waals surface area contributed by atoms with Crippen LogP contribution in [-0.2, 0) is 10.2 Å². The average molecular weight is 222 g/mol. The molecule has 0 saturated heterocycles. The number of esters is 1. The highest BCUT2D eigenvalue weighted by atomic mass is 16.5. The Labute approximate surface area is 96.4 Å². The third-order valence-electron chi connectivity index (χ3n) is 2.43. The summed E-state index contributed by atoms with van der Waals surface area (Å²) in [6.07, 6.45) is 0. The van der Waals surface area contributed by atoms with Crippen LogP contribution in [0.25, 0.3) is 0 Å². The first-order chi connectivity index (χ1) is 7.40. The van der Waals surface area contributed by atoms with E-state index in [9.17, 15) is 4.79 Å². The van der Waals surface area contributed by atoms with E-state index >= 15 is 0 Å². The van der Waals surface area contributed by atoms with Crippen molar-refractivity contribution in [2.75, 3.05) is 14.2 Å². The van der Waals surface area contributed by atoms with Crippen LogP contribution in [0.4, 0.5) is 0 Å². The molecule has 0 unspecified atom stereocenters. The molecule has 0 radical (unpaired) electrons. The fraction of sp³-hybridized carbons (Fsp3) is 0.462. The van der Waals surface area contributed by atoms with Crippen LogP contribution in [0.1, 0.15) is 36.7 Å². The monoisotopic (exact) mass is 222 g/mol. The average Bonchev–Trinajstić information content (AvgIpc) is 2.26. The second-order valence-corrected chi connectivity index (χ2v) is 4.66. The Morgan fingerprint density at radius 1 is 1.19 bits per heavy atom. The Kier molecular flexibility index (Phi) is 3.58. The first-order valence-corrected chi connectivity index (χ1v) is 5.17. The Morgan fingerprint density at radius 3 is 2.25 bits per heavy atom. The van der Waals surface area contributed by atoms with Gasteiger partial charge in [-0.2, -0.15) is 0 Å². The molecule has 0 aliphatic rings. The van der Waals surface area contributed by atoms with Gasteiger partial charge in [0.05, 0.1) is 19.8 Å². The third-order valence-corrected chi connectivity index (χ3v) is 2.43. The molecule has 0 atom stereocenters. The molecular weight excluding hydrogens is 204 g/mol. The van der Waals surface area contributed by atoms with E-state index in [1.54, 1.807) is 19.2 Å². The molecule has 0 saturated carbocycles. The van der Waals surface area contributed by atoms with Crippen molar-refractivity contribution >= 4 is 5.97 Å². The molecule has 0 amide bonds. The molecule has 3 heteroatoms. The Bertz CT molecular complexity index is 389. The van der Waals surface area contributed by atoms with Crippen LogP contribution in [0.2, 0.25) is 0 Å². The Balaban J connectivity index is 3.27. The number of methoxy groups -OCH3 is 2. The summed E-state index contributed by atoms with van der Waals surface area (Å²) in [7, 11) is 3.01. The van der Waals surface area contributed by atoms with E-state index in [1.165, 1.54) is 7.11 Å². The Hall–Kier alpha value is -1.51. The molecule has 0 spiro atoms. The second-order valence-electron chi connectivity index (χ2n) is 4.66. The standard InChI is InChI=1S/C13H18O3/c1-13(2,3)10-8-9(12(14)16-5)6-7-11(10)15-4/h6-8H,1-5H3. The van der Waals surface area contributed by atoms with Crippen molar-refractivity contribution in [2.45, 2.75) is 26.2 Å². The van der Waals surface area contributed by atoms with Gasteiger partial charge in [-0.05, 0) is 23.6 Å². The van der Waals surface area contributed by atoms with Gasteiger partial charge in [0.15, 0.2) is 0 Å². The fourth-order valence-electron chi connectivity index (χ4n) is 1.54. The Morgan fingerprint density at radius 2 is 1.81 bits per heavy atom. The van der Waals surface area contributed by atoms with E-state index in [0.29, 0.717) is 5.56 Å². The maximum absolute atomic E-state index is 11.4. The predicted octanol–water partition coefficient (Wildman–Crippen LogP) is 2.78. The van der Waals surface area contributed by atoms with Gasteiger partial charge in [0, 0.05) is 5.56 Å². The van der Waals surface area contributed by atoms with Gasteiger partial charge in [0.2, 0.25) is 0 Å². The van der Waals surface area contributed by atoms with Crippen molar-refractivity contribution in [2.24, 2.45) is 0 Å². The number of ether oxygens (including phenoxy) is 2. The zero-order valence-corrected chi connectivity index (χ0v) is 10.5. The van der Waals surface area contributed by atoms with E-state index in [0.717, 1.165) is 11.3 Å². The lowest BCUT2D eigenvalue weighted by atomic mass is 9.85. The lowest BCUT2D eigenvalue weighted by Crippen LogP contribution is -2.14. The molecule has 0 fully saturated rings. The smallest absolute Gasteiger partial charge is 0.337 e. The SMILES string of the molecule is COC(=O)c1ccc(OC)c(C(C)(C)C)c1. The highest BCUT2D eigenvalue weighted by Crippen LogP contribution is 2.32. The molecule has 0 heterocycles. The summed E-state index contributed by atoms with van der Waals surface area (Å²) in [5.41, 5.74) is 1.47. The van der Waals surface area contributed by atoms with Crippen molar-refractivity contribution in [1.29, 1.82) is 0 Å². The van der Waals surface area contributed by atoms with Gasteiger partial charge < -0.3 is 9.47 Å². The van der Waals surface area contributed by atoms with Crippen molar-refractivity contribution in [3.05, 3.63) is 29.3 Å². The van der Waals surface area contributed by atoms with Crippen LogP contribution in [0.3, 0.4) is 0 Å². The molecule has 3 nitrogen and oxygen atoms in total. The summed E-state index contributed by atoms with van der Waals surface area (Å²) in [4.78, 5) is 11.4. The summed E-state index contributed by atoms with van der Waals surface area (Å²) in [6, 6.07) is 5.33. The highest BCUT2D eigenvalue weighted by Gasteiger charge is 2.20. The maximum atomic E-state index is 11.4. The van der Waals surface area contributed by atoms with Crippen molar-refractivity contribution in [1.82, 2.24) is 0 Å². The van der Waals surface area contributed by atoms with Gasteiger partial charge >= 0.3 is 5.97 Å². The summed E-state index contributed by atoms with van der Waals surface area (Å²) < 4.78 is 9.99. The van der Waals surface area contributed by atoms with Crippen LogP contribution in [0, 0.1) is 0 Å². The topological polar surface area (TPSA) is 35.5 Å². The van der Waals surface area contributed by atoms with E-state index < -0.39 is 0 Å². The summed E-state index contributed by atoms with van der Waals surface area (Å²) in [5, 5.41) is 0. The molecule has 16 heavy (non-hydrogen) atoms. The van der Waals surface area contributed by atoms with Gasteiger partial charge in [0.1, 0.15) is 5.75 Å². The normalized spacial score (nSPS) is 11.1. The molecule has 0 aromatic heterocycles. The van der Waals surface area contributed by atoms with Crippen molar-refractivity contribution < 1.29 is 14.3 Å². The quantitative estimate of drug-likeness (QED) is 0.722. The summed E-state index contributed by atoms with van der Waals surface area (Å²) >= 11 is 0. The van der Waals surface area contributed by atoms with Gasteiger partial charge in [0.25, 0.3) is 0 Å². The van der Waals surface area contributed by atoms with E-state index in [4.69, 9.17) is 9.47 Å². The number of carbonyl (C=O) groups is 1. The van der Waals surface area contributed by atoms with Crippen LogP contribution < -0.4 is 4.74 Å². The molecule has 0 bridgehead atoms. The number of hydrogen-bond donors (Lipinski definition) is 0. The minimum atomic E-state index is -0.326. The van der Waals surface area contributed by atoms with Crippen molar-refractivity contribution in [3.8, 4) is 5.75 Å². The number of carbonyl (C=O) groups excluding carboxylic acids is 1. The first kappa shape index (κ1) is 12.6. The second kappa shape index (κ2) is 4.56. The van der Waals surface area contributed by atoms with E-state index in [2.05, 4.69) is 20.8 Å². The lowest BCUT2D eigenvalue weighted by Gasteiger charge is -2.22. The molecule has 1 aromatic carbocycles. The molecule has 88 valence electrons. The van der Waals surface area contributed by atoms with Crippen LogP contribution in [0.15, 0.2) is 18.2 Å².